The van der Waals surface area contributed by atoms with Gasteiger partial charge in [0.1, 0.15) is 5.75 Å². The maximum Gasteiger partial charge on any atom is 0.257 e. The Bertz CT molecular complexity index is 372. The third kappa shape index (κ3) is 4.26. The maximum atomic E-state index is 11.2. The molecule has 0 radical (unpaired) electrons. The zero-order chi connectivity index (χ0) is 12.0. The molecule has 1 aromatic rings. The highest BCUT2D eigenvalue weighted by Gasteiger charge is 2.05. The Morgan fingerprint density at radius 3 is 2.88 bits per heavy atom. The van der Waals surface area contributed by atoms with Gasteiger partial charge in [0.05, 0.1) is 5.02 Å². The minimum atomic E-state index is -0.249. The van der Waals surface area contributed by atoms with Crippen LogP contribution in [0.5, 0.6) is 5.75 Å². The summed E-state index contributed by atoms with van der Waals surface area (Å²) in [7, 11) is 0. The van der Waals surface area contributed by atoms with Crippen LogP contribution in [0.4, 0.5) is 0 Å². The second-order valence-corrected chi connectivity index (χ2v) is 3.85. The zero-order valence-electron chi connectivity index (χ0n) is 8.50. The van der Waals surface area contributed by atoms with Crippen LogP contribution < -0.4 is 15.8 Å². The number of nitrogens with two attached hydrogens (primary N) is 1. The number of carbonyl (C=O) groups is 1. The first kappa shape index (κ1) is 13.1. The fourth-order valence-electron chi connectivity index (χ4n) is 0.994. The third-order valence-corrected chi connectivity index (χ3v) is 2.27. The van der Waals surface area contributed by atoms with Gasteiger partial charge in [0.15, 0.2) is 6.61 Å². The van der Waals surface area contributed by atoms with E-state index in [1.807, 2.05) is 0 Å². The number of ether oxygens (including phenoxy) is 1. The lowest BCUT2D eigenvalue weighted by atomic mass is 10.3. The monoisotopic (exact) mass is 262 g/mol. The van der Waals surface area contributed by atoms with Crippen LogP contribution in [0.2, 0.25) is 10.0 Å². The lowest BCUT2D eigenvalue weighted by Gasteiger charge is -2.08. The quantitative estimate of drug-likeness (QED) is 0.845. The van der Waals surface area contributed by atoms with E-state index in [0.29, 0.717) is 28.9 Å². The smallest absolute Gasteiger partial charge is 0.257 e. The van der Waals surface area contributed by atoms with Crippen molar-refractivity contribution >= 4 is 29.1 Å². The van der Waals surface area contributed by atoms with Gasteiger partial charge in [-0.15, -0.1) is 0 Å². The number of hydrogen-bond donors (Lipinski definition) is 2. The molecular weight excluding hydrogens is 251 g/mol. The zero-order valence-corrected chi connectivity index (χ0v) is 10.0. The normalized spacial score (nSPS) is 9.94. The van der Waals surface area contributed by atoms with E-state index in [4.69, 9.17) is 33.7 Å². The second kappa shape index (κ2) is 6.58. The van der Waals surface area contributed by atoms with Crippen molar-refractivity contribution in [3.05, 3.63) is 28.2 Å². The van der Waals surface area contributed by atoms with Gasteiger partial charge in [0, 0.05) is 24.2 Å². The summed E-state index contributed by atoms with van der Waals surface area (Å²) in [4.78, 5) is 11.2. The Kier molecular flexibility index (Phi) is 5.38. The number of hydrogen-bond acceptors (Lipinski definition) is 3. The molecule has 1 amide bonds. The Morgan fingerprint density at radius 1 is 1.44 bits per heavy atom. The molecule has 0 aliphatic rings. The van der Waals surface area contributed by atoms with Crippen LogP contribution in [-0.2, 0) is 4.79 Å². The molecule has 0 atom stereocenters. The van der Waals surface area contributed by atoms with Gasteiger partial charge in [0.25, 0.3) is 5.91 Å². The molecule has 0 fully saturated rings. The first-order valence-corrected chi connectivity index (χ1v) is 5.43. The summed E-state index contributed by atoms with van der Waals surface area (Å²) in [5.74, 6) is 0.138. The number of carbonyl (C=O) groups excluding carboxylic acids is 1. The predicted octanol–water partition coefficient (Wildman–Crippen LogP) is 1.45. The first-order chi connectivity index (χ1) is 7.63. The van der Waals surface area contributed by atoms with E-state index in [1.165, 1.54) is 0 Å². The van der Waals surface area contributed by atoms with Crippen LogP contribution >= 0.6 is 23.2 Å². The molecule has 1 aromatic carbocycles. The van der Waals surface area contributed by atoms with Gasteiger partial charge in [-0.1, -0.05) is 23.2 Å². The van der Waals surface area contributed by atoms with Gasteiger partial charge in [-0.3, -0.25) is 4.79 Å². The van der Waals surface area contributed by atoms with E-state index >= 15 is 0 Å². The van der Waals surface area contributed by atoms with E-state index in [-0.39, 0.29) is 12.5 Å². The van der Waals surface area contributed by atoms with Crippen LogP contribution in [-0.4, -0.2) is 25.6 Å². The molecule has 0 saturated heterocycles. The summed E-state index contributed by atoms with van der Waals surface area (Å²) in [6.45, 7) is 0.704. The fourth-order valence-corrected chi connectivity index (χ4v) is 1.33. The van der Waals surface area contributed by atoms with Crippen molar-refractivity contribution < 1.29 is 9.53 Å². The van der Waals surface area contributed by atoms with Crippen molar-refractivity contribution in [1.29, 1.82) is 0 Å². The van der Waals surface area contributed by atoms with Gasteiger partial charge < -0.3 is 15.8 Å². The molecule has 0 spiro atoms. The summed E-state index contributed by atoms with van der Waals surface area (Å²) < 4.78 is 5.21. The average Bonchev–Trinajstić information content (AvgIpc) is 2.27. The standard InChI is InChI=1S/C10H12Cl2N2O2/c11-7-1-2-8(12)9(5-7)16-6-10(15)14-4-3-13/h1-2,5H,3-4,6,13H2,(H,14,15). The molecule has 0 aliphatic heterocycles. The molecule has 88 valence electrons. The molecule has 6 heteroatoms. The summed E-state index contributed by atoms with van der Waals surface area (Å²) in [5.41, 5.74) is 5.23. The average molecular weight is 263 g/mol. The number of nitrogens with one attached hydrogen (secondary N) is 1. The van der Waals surface area contributed by atoms with Gasteiger partial charge in [-0.2, -0.15) is 0 Å². The second-order valence-electron chi connectivity index (χ2n) is 3.00. The minimum Gasteiger partial charge on any atom is -0.482 e. The summed E-state index contributed by atoms with van der Waals surface area (Å²) in [6.07, 6.45) is 0. The van der Waals surface area contributed by atoms with Gasteiger partial charge in [-0.05, 0) is 12.1 Å². The first-order valence-electron chi connectivity index (χ1n) is 4.68. The van der Waals surface area contributed by atoms with Crippen molar-refractivity contribution in [2.75, 3.05) is 19.7 Å². The summed E-state index contributed by atoms with van der Waals surface area (Å²) in [6, 6.07) is 4.81. The summed E-state index contributed by atoms with van der Waals surface area (Å²) in [5, 5.41) is 3.49. The molecular formula is C10H12Cl2N2O2. The predicted molar refractivity (Wildman–Crippen MR) is 64.0 cm³/mol. The Hall–Kier alpha value is -0.970. The molecule has 0 saturated carbocycles. The van der Waals surface area contributed by atoms with Crippen molar-refractivity contribution in [1.82, 2.24) is 5.32 Å². The van der Waals surface area contributed by atoms with Gasteiger partial charge in [0.2, 0.25) is 0 Å². The van der Waals surface area contributed by atoms with Crippen molar-refractivity contribution in [2.45, 2.75) is 0 Å². The van der Waals surface area contributed by atoms with E-state index in [2.05, 4.69) is 5.32 Å². The maximum absolute atomic E-state index is 11.2. The number of halogens is 2. The molecule has 1 rings (SSSR count). The molecule has 16 heavy (non-hydrogen) atoms. The molecule has 0 unspecified atom stereocenters. The third-order valence-electron chi connectivity index (χ3n) is 1.72. The van der Waals surface area contributed by atoms with Crippen LogP contribution in [0.1, 0.15) is 0 Å². The molecule has 4 nitrogen and oxygen atoms in total. The van der Waals surface area contributed by atoms with E-state index < -0.39 is 0 Å². The highest BCUT2D eigenvalue weighted by molar-refractivity contribution is 6.34. The Balaban J connectivity index is 2.47. The minimum absolute atomic E-state index is 0.111. The number of rotatable bonds is 5. The molecule has 0 aromatic heterocycles. The highest BCUT2D eigenvalue weighted by Crippen LogP contribution is 2.27. The van der Waals surface area contributed by atoms with Crippen LogP contribution in [0, 0.1) is 0 Å². The lowest BCUT2D eigenvalue weighted by molar-refractivity contribution is -0.123. The topological polar surface area (TPSA) is 64.3 Å². The number of benzene rings is 1. The fraction of sp³-hybridized carbons (Fsp3) is 0.300. The largest absolute Gasteiger partial charge is 0.482 e. The SMILES string of the molecule is NCCNC(=O)COc1cc(Cl)ccc1Cl. The van der Waals surface area contributed by atoms with Crippen LogP contribution in [0.3, 0.4) is 0 Å². The van der Waals surface area contributed by atoms with Crippen LogP contribution in [0.25, 0.3) is 0 Å². The van der Waals surface area contributed by atoms with Gasteiger partial charge >= 0.3 is 0 Å². The van der Waals surface area contributed by atoms with Crippen LogP contribution in [0.15, 0.2) is 18.2 Å². The Morgan fingerprint density at radius 2 is 2.19 bits per heavy atom. The highest BCUT2D eigenvalue weighted by atomic mass is 35.5. The van der Waals surface area contributed by atoms with Crippen molar-refractivity contribution in [3.63, 3.8) is 0 Å². The van der Waals surface area contributed by atoms with Crippen molar-refractivity contribution in [3.8, 4) is 5.75 Å². The lowest BCUT2D eigenvalue weighted by Crippen LogP contribution is -2.32. The molecule has 3 N–H and O–H groups in total. The van der Waals surface area contributed by atoms with Gasteiger partial charge in [-0.25, -0.2) is 0 Å². The molecule has 0 heterocycles. The van der Waals surface area contributed by atoms with E-state index in [0.717, 1.165) is 0 Å². The Labute approximate surface area is 104 Å². The van der Waals surface area contributed by atoms with E-state index in [9.17, 15) is 4.79 Å². The molecule has 0 aliphatic carbocycles. The number of amides is 1. The molecule has 0 bridgehead atoms. The summed E-state index contributed by atoms with van der Waals surface area (Å²) >= 11 is 11.6. The van der Waals surface area contributed by atoms with Crippen molar-refractivity contribution in [2.24, 2.45) is 5.73 Å². The van der Waals surface area contributed by atoms with E-state index in [1.54, 1.807) is 18.2 Å².